The molecule has 5 nitrogen and oxygen atoms in total. The molecule has 0 saturated heterocycles. The van der Waals surface area contributed by atoms with Gasteiger partial charge in [0.1, 0.15) is 11.5 Å². The molecule has 2 amide bonds. The molecule has 6 heteroatoms. The first-order valence-electron chi connectivity index (χ1n) is 9.63. The summed E-state index contributed by atoms with van der Waals surface area (Å²) in [7, 11) is 1.56. The predicted octanol–water partition coefficient (Wildman–Crippen LogP) is 4.91. The standard InChI is InChI=1S/C23H25NO4S/c1-5-13-28-17-10-8-9-16(14-17)24-22(25)20(21(23(24)26)29-15(2)3)18-11-6-7-12-19(18)27-4/h6-12,14-15H,5,13H2,1-4H3. The van der Waals surface area contributed by atoms with Gasteiger partial charge >= 0.3 is 0 Å². The smallest absolute Gasteiger partial charge is 0.272 e. The normalized spacial score (nSPS) is 14.2. The number of nitrogens with zero attached hydrogens (tertiary/aromatic N) is 1. The fraction of sp³-hybridized carbons (Fsp3) is 0.304. The molecule has 0 aromatic heterocycles. The molecule has 29 heavy (non-hydrogen) atoms. The number of anilines is 1. The van der Waals surface area contributed by atoms with Gasteiger partial charge in [-0.05, 0) is 24.6 Å². The number of thioether (sulfide) groups is 1. The van der Waals surface area contributed by atoms with Gasteiger partial charge in [0, 0.05) is 16.9 Å². The summed E-state index contributed by atoms with van der Waals surface area (Å²) in [5.74, 6) is 0.527. The average molecular weight is 412 g/mol. The number of rotatable bonds is 8. The number of carbonyl (C=O) groups excluding carboxylic acids is 2. The van der Waals surface area contributed by atoms with Crippen LogP contribution in [0.25, 0.3) is 5.57 Å². The molecular formula is C23H25NO4S. The summed E-state index contributed by atoms with van der Waals surface area (Å²) >= 11 is 1.39. The molecule has 1 aliphatic heterocycles. The second-order valence-corrected chi connectivity index (χ2v) is 8.45. The van der Waals surface area contributed by atoms with Crippen molar-refractivity contribution in [1.29, 1.82) is 0 Å². The lowest BCUT2D eigenvalue weighted by atomic mass is 10.0. The Hall–Kier alpha value is -2.73. The Balaban J connectivity index is 2.07. The van der Waals surface area contributed by atoms with E-state index >= 15 is 0 Å². The number of methoxy groups -OCH3 is 1. The quantitative estimate of drug-likeness (QED) is 0.578. The lowest BCUT2D eigenvalue weighted by Gasteiger charge is -2.17. The van der Waals surface area contributed by atoms with Gasteiger partial charge < -0.3 is 9.47 Å². The van der Waals surface area contributed by atoms with Gasteiger partial charge in [-0.2, -0.15) is 0 Å². The molecule has 0 atom stereocenters. The molecule has 0 unspecified atom stereocenters. The summed E-state index contributed by atoms with van der Waals surface area (Å²) in [6, 6.07) is 14.4. The lowest BCUT2D eigenvalue weighted by Crippen LogP contribution is -2.31. The minimum absolute atomic E-state index is 0.144. The molecule has 0 N–H and O–H groups in total. The first kappa shape index (κ1) is 21.0. The SMILES string of the molecule is CCCOc1cccc(N2C(=O)C(SC(C)C)=C(c3ccccc3OC)C2=O)c1. The van der Waals surface area contributed by atoms with Crippen LogP contribution in [0.3, 0.4) is 0 Å². The largest absolute Gasteiger partial charge is 0.496 e. The number of ether oxygens (including phenoxy) is 2. The molecule has 3 rings (SSSR count). The summed E-state index contributed by atoms with van der Waals surface area (Å²) in [5.41, 5.74) is 1.50. The van der Waals surface area contributed by atoms with Crippen LogP contribution in [0.2, 0.25) is 0 Å². The van der Waals surface area contributed by atoms with Gasteiger partial charge in [-0.25, -0.2) is 4.90 Å². The van der Waals surface area contributed by atoms with Crippen LogP contribution in [0.4, 0.5) is 5.69 Å². The highest BCUT2D eigenvalue weighted by Crippen LogP contribution is 2.42. The van der Waals surface area contributed by atoms with Crippen molar-refractivity contribution in [1.82, 2.24) is 0 Å². The maximum Gasteiger partial charge on any atom is 0.272 e. The Labute approximate surface area is 175 Å². The summed E-state index contributed by atoms with van der Waals surface area (Å²) in [5, 5.41) is 0.144. The summed E-state index contributed by atoms with van der Waals surface area (Å²) in [6.07, 6.45) is 0.875. The van der Waals surface area contributed by atoms with Crippen molar-refractivity contribution < 1.29 is 19.1 Å². The molecule has 0 aliphatic carbocycles. The molecule has 2 aromatic rings. The van der Waals surface area contributed by atoms with Crippen LogP contribution < -0.4 is 14.4 Å². The highest BCUT2D eigenvalue weighted by molar-refractivity contribution is 8.04. The van der Waals surface area contributed by atoms with E-state index in [9.17, 15) is 9.59 Å². The molecular weight excluding hydrogens is 386 g/mol. The number of carbonyl (C=O) groups is 2. The molecule has 0 saturated carbocycles. The molecule has 1 aliphatic rings. The van der Waals surface area contributed by atoms with E-state index in [-0.39, 0.29) is 17.1 Å². The van der Waals surface area contributed by atoms with Crippen molar-refractivity contribution in [2.75, 3.05) is 18.6 Å². The maximum absolute atomic E-state index is 13.4. The Morgan fingerprint density at radius 3 is 2.48 bits per heavy atom. The minimum atomic E-state index is -0.352. The van der Waals surface area contributed by atoms with Gasteiger partial charge in [-0.15, -0.1) is 11.8 Å². The first-order chi connectivity index (χ1) is 14.0. The van der Waals surface area contributed by atoms with Gasteiger partial charge in [0.2, 0.25) is 0 Å². The fourth-order valence-corrected chi connectivity index (χ4v) is 4.09. The van der Waals surface area contributed by atoms with Crippen molar-refractivity contribution in [3.8, 4) is 11.5 Å². The van der Waals surface area contributed by atoms with Crippen molar-refractivity contribution in [2.45, 2.75) is 32.4 Å². The molecule has 0 bridgehead atoms. The zero-order valence-electron chi connectivity index (χ0n) is 17.1. The van der Waals surface area contributed by atoms with Gasteiger partial charge in [-0.1, -0.05) is 45.0 Å². The maximum atomic E-state index is 13.4. The third kappa shape index (κ3) is 4.32. The molecule has 1 heterocycles. The predicted molar refractivity (Wildman–Crippen MR) is 117 cm³/mol. The van der Waals surface area contributed by atoms with E-state index in [4.69, 9.17) is 9.47 Å². The summed E-state index contributed by atoms with van der Waals surface area (Å²) in [6.45, 7) is 6.59. The third-order valence-corrected chi connectivity index (χ3v) is 5.41. The van der Waals surface area contributed by atoms with E-state index in [0.717, 1.165) is 6.42 Å². The monoisotopic (exact) mass is 411 g/mol. The van der Waals surface area contributed by atoms with Gasteiger partial charge in [0.15, 0.2) is 0 Å². The number of hydrogen-bond donors (Lipinski definition) is 0. The van der Waals surface area contributed by atoms with Crippen molar-refractivity contribution >= 4 is 34.8 Å². The summed E-state index contributed by atoms with van der Waals surface area (Å²) in [4.78, 5) is 28.4. The topological polar surface area (TPSA) is 55.8 Å². The van der Waals surface area contributed by atoms with E-state index < -0.39 is 0 Å². The second-order valence-electron chi connectivity index (χ2n) is 6.86. The number of para-hydroxylation sites is 1. The average Bonchev–Trinajstić information content (AvgIpc) is 2.95. The zero-order chi connectivity index (χ0) is 21.0. The summed E-state index contributed by atoms with van der Waals surface area (Å²) < 4.78 is 11.1. The molecule has 0 spiro atoms. The van der Waals surface area contributed by atoms with Crippen molar-refractivity contribution in [3.05, 3.63) is 59.0 Å². The molecule has 0 radical (unpaired) electrons. The highest BCUT2D eigenvalue weighted by atomic mass is 32.2. The number of hydrogen-bond acceptors (Lipinski definition) is 5. The van der Waals surface area contributed by atoms with Crippen LogP contribution in [-0.4, -0.2) is 30.8 Å². The van der Waals surface area contributed by atoms with Crippen LogP contribution >= 0.6 is 11.8 Å². The third-order valence-electron chi connectivity index (χ3n) is 4.32. The minimum Gasteiger partial charge on any atom is -0.496 e. The highest BCUT2D eigenvalue weighted by Gasteiger charge is 2.41. The molecule has 152 valence electrons. The first-order valence-corrected chi connectivity index (χ1v) is 10.5. The second kappa shape index (κ2) is 9.18. The van der Waals surface area contributed by atoms with Gasteiger partial charge in [0.25, 0.3) is 11.8 Å². The number of imide groups is 1. The van der Waals surface area contributed by atoms with E-state index in [1.807, 2.05) is 45.0 Å². The zero-order valence-corrected chi connectivity index (χ0v) is 17.9. The van der Waals surface area contributed by atoms with Crippen LogP contribution in [-0.2, 0) is 9.59 Å². The van der Waals surface area contributed by atoms with Crippen LogP contribution in [0.1, 0.15) is 32.8 Å². The van der Waals surface area contributed by atoms with E-state index in [2.05, 4.69) is 0 Å². The Morgan fingerprint density at radius 2 is 1.79 bits per heavy atom. The Morgan fingerprint density at radius 1 is 1.03 bits per heavy atom. The lowest BCUT2D eigenvalue weighted by molar-refractivity contribution is -0.119. The number of benzene rings is 2. The van der Waals surface area contributed by atoms with Gasteiger partial charge in [-0.3, -0.25) is 9.59 Å². The number of amides is 2. The van der Waals surface area contributed by atoms with E-state index in [0.29, 0.717) is 39.8 Å². The van der Waals surface area contributed by atoms with E-state index in [1.165, 1.54) is 16.7 Å². The van der Waals surface area contributed by atoms with Crippen LogP contribution in [0.15, 0.2) is 53.4 Å². The Kier molecular flexibility index (Phi) is 6.64. The van der Waals surface area contributed by atoms with Gasteiger partial charge in [0.05, 0.1) is 29.9 Å². The fourth-order valence-electron chi connectivity index (χ4n) is 3.11. The van der Waals surface area contributed by atoms with E-state index in [1.54, 1.807) is 31.4 Å². The molecule has 0 fully saturated rings. The van der Waals surface area contributed by atoms with Crippen LogP contribution in [0, 0.1) is 0 Å². The van der Waals surface area contributed by atoms with Crippen molar-refractivity contribution in [3.63, 3.8) is 0 Å². The molecule has 2 aromatic carbocycles. The van der Waals surface area contributed by atoms with Crippen LogP contribution in [0.5, 0.6) is 11.5 Å². The van der Waals surface area contributed by atoms with Crippen molar-refractivity contribution in [2.24, 2.45) is 0 Å². The Bertz CT molecular complexity index is 951.